The molecule has 23 heavy (non-hydrogen) atoms. The highest BCUT2D eigenvalue weighted by atomic mass is 32.2. The topological polar surface area (TPSA) is 33.5 Å². The number of hydrogen-bond acceptors (Lipinski definition) is 2. The molecule has 4 heteroatoms. The number of quaternary nitrogens is 1. The average Bonchev–Trinajstić information content (AvgIpc) is 2.54. The van der Waals surface area contributed by atoms with E-state index in [1.165, 1.54) is 21.6 Å². The third-order valence-corrected chi connectivity index (χ3v) is 4.49. The molecule has 0 heterocycles. The van der Waals surface area contributed by atoms with Crippen molar-refractivity contribution >= 4 is 17.7 Å². The molecule has 2 aromatic rings. The maximum atomic E-state index is 12.0. The lowest BCUT2D eigenvalue weighted by Crippen LogP contribution is -3.04. The van der Waals surface area contributed by atoms with Gasteiger partial charge in [-0.15, -0.1) is 11.8 Å². The maximum Gasteiger partial charge on any atom is 0.230 e. The van der Waals surface area contributed by atoms with Crippen LogP contribution >= 0.6 is 11.8 Å². The zero-order chi connectivity index (χ0) is 16.5. The zero-order valence-corrected chi connectivity index (χ0v) is 14.7. The van der Waals surface area contributed by atoms with E-state index >= 15 is 0 Å². The lowest BCUT2D eigenvalue weighted by molar-refractivity contribution is -0.872. The van der Waals surface area contributed by atoms with Gasteiger partial charge in [0.1, 0.15) is 6.54 Å². The number of hydrogen-bond donors (Lipinski definition) is 2. The Bertz CT molecular complexity index is 614. The number of carbonyl (C=O) groups is 1. The Morgan fingerprint density at radius 3 is 2.35 bits per heavy atom. The SMILES string of the molecule is C[NH+](C)Cc1ccccc1CNC(=O)CSCc1ccccc1. The summed E-state index contributed by atoms with van der Waals surface area (Å²) in [5.41, 5.74) is 3.75. The lowest BCUT2D eigenvalue weighted by Gasteiger charge is -2.13. The van der Waals surface area contributed by atoms with Gasteiger partial charge < -0.3 is 10.2 Å². The molecule has 0 aliphatic heterocycles. The molecule has 122 valence electrons. The van der Waals surface area contributed by atoms with E-state index in [2.05, 4.69) is 49.7 Å². The van der Waals surface area contributed by atoms with Crippen molar-refractivity contribution in [3.63, 3.8) is 0 Å². The molecule has 1 amide bonds. The fourth-order valence-electron chi connectivity index (χ4n) is 2.36. The summed E-state index contributed by atoms with van der Waals surface area (Å²) in [4.78, 5) is 13.4. The summed E-state index contributed by atoms with van der Waals surface area (Å²) in [6, 6.07) is 18.6. The van der Waals surface area contributed by atoms with Crippen LogP contribution in [-0.2, 0) is 23.6 Å². The summed E-state index contributed by atoms with van der Waals surface area (Å²) >= 11 is 1.65. The Morgan fingerprint density at radius 2 is 1.65 bits per heavy atom. The Labute approximate surface area is 143 Å². The summed E-state index contributed by atoms with van der Waals surface area (Å²) in [6.45, 7) is 1.57. The quantitative estimate of drug-likeness (QED) is 0.775. The first-order chi connectivity index (χ1) is 11.1. The molecule has 0 bridgehead atoms. The fourth-order valence-corrected chi connectivity index (χ4v) is 3.18. The highest BCUT2D eigenvalue weighted by molar-refractivity contribution is 7.99. The van der Waals surface area contributed by atoms with Gasteiger partial charge in [-0.1, -0.05) is 54.6 Å². The van der Waals surface area contributed by atoms with Gasteiger partial charge in [0, 0.05) is 17.9 Å². The first-order valence-electron chi connectivity index (χ1n) is 7.89. The van der Waals surface area contributed by atoms with Crippen LogP contribution in [0.5, 0.6) is 0 Å². The van der Waals surface area contributed by atoms with Crippen molar-refractivity contribution in [1.82, 2.24) is 5.32 Å². The molecular formula is C19H25N2OS+. The van der Waals surface area contributed by atoms with E-state index < -0.39 is 0 Å². The third-order valence-electron chi connectivity index (χ3n) is 3.48. The summed E-state index contributed by atoms with van der Waals surface area (Å²) in [5, 5.41) is 3.03. The smallest absolute Gasteiger partial charge is 0.230 e. The van der Waals surface area contributed by atoms with Crippen LogP contribution in [-0.4, -0.2) is 25.8 Å². The monoisotopic (exact) mass is 329 g/mol. The molecule has 2 aromatic carbocycles. The van der Waals surface area contributed by atoms with Crippen LogP contribution < -0.4 is 10.2 Å². The Morgan fingerprint density at radius 1 is 1.00 bits per heavy atom. The summed E-state index contributed by atoms with van der Waals surface area (Å²) < 4.78 is 0. The minimum absolute atomic E-state index is 0.0953. The van der Waals surface area contributed by atoms with Gasteiger partial charge in [0.25, 0.3) is 0 Å². The van der Waals surface area contributed by atoms with Crippen molar-refractivity contribution in [2.24, 2.45) is 0 Å². The Kier molecular flexibility index (Phi) is 7.17. The van der Waals surface area contributed by atoms with Crippen molar-refractivity contribution in [3.8, 4) is 0 Å². The van der Waals surface area contributed by atoms with Gasteiger partial charge in [0.2, 0.25) is 5.91 Å². The van der Waals surface area contributed by atoms with Gasteiger partial charge >= 0.3 is 0 Å². The maximum absolute atomic E-state index is 12.0. The number of amides is 1. The molecule has 0 fully saturated rings. The molecule has 2 rings (SSSR count). The van der Waals surface area contributed by atoms with Crippen molar-refractivity contribution in [2.45, 2.75) is 18.8 Å². The lowest BCUT2D eigenvalue weighted by atomic mass is 10.1. The van der Waals surface area contributed by atoms with Crippen LogP contribution in [0.4, 0.5) is 0 Å². The highest BCUT2D eigenvalue weighted by Gasteiger charge is 2.07. The van der Waals surface area contributed by atoms with Crippen LogP contribution in [0.2, 0.25) is 0 Å². The second-order valence-corrected chi connectivity index (χ2v) is 6.89. The number of rotatable bonds is 8. The van der Waals surface area contributed by atoms with Crippen molar-refractivity contribution in [1.29, 1.82) is 0 Å². The van der Waals surface area contributed by atoms with E-state index in [4.69, 9.17) is 0 Å². The standard InChI is InChI=1S/C19H24N2OS/c1-21(2)13-18-11-7-6-10-17(18)12-20-19(22)15-23-14-16-8-4-3-5-9-16/h3-11H,12-15H2,1-2H3,(H,20,22)/p+1. The van der Waals surface area contributed by atoms with Crippen molar-refractivity contribution < 1.29 is 9.69 Å². The number of benzene rings is 2. The average molecular weight is 329 g/mol. The molecule has 0 aliphatic rings. The molecule has 3 nitrogen and oxygen atoms in total. The van der Waals surface area contributed by atoms with E-state index in [9.17, 15) is 4.79 Å². The molecular weight excluding hydrogens is 304 g/mol. The van der Waals surface area contributed by atoms with Crippen LogP contribution in [0.3, 0.4) is 0 Å². The highest BCUT2D eigenvalue weighted by Crippen LogP contribution is 2.11. The summed E-state index contributed by atoms with van der Waals surface area (Å²) in [5.74, 6) is 1.46. The molecule has 0 saturated heterocycles. The fraction of sp³-hybridized carbons (Fsp3) is 0.316. The molecule has 2 N–H and O–H groups in total. The first kappa shape index (κ1) is 17.6. The van der Waals surface area contributed by atoms with Crippen LogP contribution in [0, 0.1) is 0 Å². The van der Waals surface area contributed by atoms with Crippen LogP contribution in [0.25, 0.3) is 0 Å². The number of nitrogens with one attached hydrogen (secondary N) is 2. The normalized spacial score (nSPS) is 10.7. The summed E-state index contributed by atoms with van der Waals surface area (Å²) in [7, 11) is 4.27. The van der Waals surface area contributed by atoms with Crippen molar-refractivity contribution in [2.75, 3.05) is 19.8 Å². The van der Waals surface area contributed by atoms with Crippen LogP contribution in [0.1, 0.15) is 16.7 Å². The minimum atomic E-state index is 0.0953. The van der Waals surface area contributed by atoms with Gasteiger partial charge in [-0.2, -0.15) is 0 Å². The second-order valence-electron chi connectivity index (χ2n) is 5.91. The van der Waals surface area contributed by atoms with Gasteiger partial charge in [-0.3, -0.25) is 4.79 Å². The first-order valence-corrected chi connectivity index (χ1v) is 9.05. The Balaban J connectivity index is 1.76. The number of thioether (sulfide) groups is 1. The molecule has 0 aromatic heterocycles. The van der Waals surface area contributed by atoms with E-state index in [-0.39, 0.29) is 5.91 Å². The van der Waals surface area contributed by atoms with Crippen molar-refractivity contribution in [3.05, 3.63) is 71.3 Å². The molecule has 0 spiro atoms. The van der Waals surface area contributed by atoms with E-state index in [1.54, 1.807) is 11.8 Å². The van der Waals surface area contributed by atoms with E-state index in [1.807, 2.05) is 24.3 Å². The third kappa shape index (κ3) is 6.47. The molecule has 0 saturated carbocycles. The summed E-state index contributed by atoms with van der Waals surface area (Å²) in [6.07, 6.45) is 0. The minimum Gasteiger partial charge on any atom is -0.351 e. The molecule has 0 aliphatic carbocycles. The largest absolute Gasteiger partial charge is 0.351 e. The molecule has 0 unspecified atom stereocenters. The molecule has 0 radical (unpaired) electrons. The Hall–Kier alpha value is -1.78. The van der Waals surface area contributed by atoms with Crippen LogP contribution in [0.15, 0.2) is 54.6 Å². The van der Waals surface area contributed by atoms with E-state index in [0.29, 0.717) is 12.3 Å². The predicted octanol–water partition coefficient (Wildman–Crippen LogP) is 1.88. The van der Waals surface area contributed by atoms with E-state index in [0.717, 1.165) is 12.3 Å². The zero-order valence-electron chi connectivity index (χ0n) is 13.8. The van der Waals surface area contributed by atoms with Gasteiger partial charge in [0.05, 0.1) is 19.8 Å². The molecule has 0 atom stereocenters. The van der Waals surface area contributed by atoms with Gasteiger partial charge in [0.15, 0.2) is 0 Å². The predicted molar refractivity (Wildman–Crippen MR) is 97.4 cm³/mol. The van der Waals surface area contributed by atoms with Gasteiger partial charge in [-0.25, -0.2) is 0 Å². The van der Waals surface area contributed by atoms with Gasteiger partial charge in [-0.05, 0) is 11.1 Å². The second kappa shape index (κ2) is 9.38. The number of carbonyl (C=O) groups excluding carboxylic acids is 1.